The van der Waals surface area contributed by atoms with Crippen LogP contribution in [0.2, 0.25) is 0 Å². The van der Waals surface area contributed by atoms with Gasteiger partial charge in [-0.1, -0.05) is 24.3 Å². The van der Waals surface area contributed by atoms with E-state index in [1.54, 1.807) is 12.1 Å². The van der Waals surface area contributed by atoms with Crippen LogP contribution in [0.25, 0.3) is 22.5 Å². The summed E-state index contributed by atoms with van der Waals surface area (Å²) in [5.41, 5.74) is 11.4. The minimum absolute atomic E-state index is 0.0817. The van der Waals surface area contributed by atoms with Crippen molar-refractivity contribution >= 4 is 23.3 Å². The highest BCUT2D eigenvalue weighted by Gasteiger charge is 2.29. The summed E-state index contributed by atoms with van der Waals surface area (Å²) in [4.78, 5) is 34.0. The molecule has 6 rings (SSSR count). The number of carbonyl (C=O) groups excluding carboxylic acids is 2. The van der Waals surface area contributed by atoms with Gasteiger partial charge >= 0.3 is 0 Å². The first-order chi connectivity index (χ1) is 22.5. The number of nitrogens with one attached hydrogen (secondary N) is 3. The molecule has 240 valence electrons. The number of tetrazole rings is 1. The van der Waals surface area contributed by atoms with Crippen LogP contribution in [-0.2, 0) is 20.7 Å². The number of carbonyl (C=O) groups is 2. The van der Waals surface area contributed by atoms with E-state index in [9.17, 15) is 9.59 Å². The zero-order chi connectivity index (χ0) is 31.9. The first kappa shape index (κ1) is 31.3. The minimum atomic E-state index is -0.751. The smallest absolute Gasteiger partial charge is 0.247 e. The van der Waals surface area contributed by atoms with Crippen molar-refractivity contribution in [2.75, 3.05) is 43.1 Å². The monoisotopic (exact) mass is 623 g/mol. The number of anilines is 2. The molecule has 5 N–H and O–H groups in total. The Kier molecular flexibility index (Phi) is 9.94. The molecule has 2 amide bonds. The number of hydrogen-bond acceptors (Lipinski definition) is 9. The van der Waals surface area contributed by atoms with Crippen molar-refractivity contribution in [3.8, 4) is 22.5 Å². The van der Waals surface area contributed by atoms with Crippen molar-refractivity contribution in [2.45, 2.75) is 45.1 Å². The molecule has 2 aromatic heterocycles. The van der Waals surface area contributed by atoms with Gasteiger partial charge in [0.15, 0.2) is 0 Å². The Morgan fingerprint density at radius 3 is 2.39 bits per heavy atom. The van der Waals surface area contributed by atoms with Gasteiger partial charge in [-0.05, 0) is 97.3 Å². The number of pyridine rings is 1. The van der Waals surface area contributed by atoms with Crippen LogP contribution in [0.3, 0.4) is 0 Å². The number of hydrogen-bond donors (Lipinski definition) is 4. The number of aromatic amines is 1. The third-order valence-electron chi connectivity index (χ3n) is 9.08. The zero-order valence-electron chi connectivity index (χ0n) is 26.1. The van der Waals surface area contributed by atoms with Crippen LogP contribution in [0.15, 0.2) is 60.8 Å². The van der Waals surface area contributed by atoms with Gasteiger partial charge in [0.1, 0.15) is 11.9 Å². The number of nitrogens with zero attached hydrogens (tertiary/aromatic N) is 5. The third kappa shape index (κ3) is 7.57. The molecule has 0 spiro atoms. The van der Waals surface area contributed by atoms with E-state index in [1.807, 2.05) is 30.5 Å². The first-order valence-corrected chi connectivity index (χ1v) is 16.0. The van der Waals surface area contributed by atoms with Crippen molar-refractivity contribution in [3.05, 3.63) is 71.9 Å². The fraction of sp³-hybridized carbons (Fsp3) is 0.412. The highest BCUT2D eigenvalue weighted by atomic mass is 16.5. The van der Waals surface area contributed by atoms with Gasteiger partial charge in [0.25, 0.3) is 0 Å². The van der Waals surface area contributed by atoms with Crippen LogP contribution in [0.1, 0.15) is 36.8 Å². The predicted octanol–water partition coefficient (Wildman–Crippen LogP) is 3.50. The zero-order valence-corrected chi connectivity index (χ0v) is 26.1. The molecule has 1 saturated carbocycles. The summed E-state index contributed by atoms with van der Waals surface area (Å²) in [7, 11) is 0. The molecule has 1 saturated heterocycles. The number of benzene rings is 2. The van der Waals surface area contributed by atoms with Gasteiger partial charge in [-0.3, -0.25) is 9.59 Å². The van der Waals surface area contributed by atoms with E-state index >= 15 is 0 Å². The topological polar surface area (TPSA) is 164 Å². The molecule has 0 radical (unpaired) electrons. The number of rotatable bonds is 10. The van der Waals surface area contributed by atoms with Crippen LogP contribution in [0.5, 0.6) is 0 Å². The summed E-state index contributed by atoms with van der Waals surface area (Å²) < 4.78 is 5.48. The van der Waals surface area contributed by atoms with Crippen molar-refractivity contribution in [3.63, 3.8) is 0 Å². The molecule has 3 heterocycles. The molecule has 0 unspecified atom stereocenters. The first-order valence-electron chi connectivity index (χ1n) is 16.0. The molecular weight excluding hydrogens is 582 g/mol. The maximum absolute atomic E-state index is 13.6. The Balaban J connectivity index is 1.16. The maximum atomic E-state index is 13.6. The molecule has 46 heavy (non-hydrogen) atoms. The van der Waals surface area contributed by atoms with Crippen LogP contribution in [0, 0.1) is 18.8 Å². The molecule has 1 aliphatic carbocycles. The summed E-state index contributed by atoms with van der Waals surface area (Å²) in [5, 5.41) is 20.1. The number of amides is 2. The van der Waals surface area contributed by atoms with Gasteiger partial charge in [0.2, 0.25) is 17.6 Å². The minimum Gasteiger partial charge on any atom is -0.378 e. The van der Waals surface area contributed by atoms with E-state index in [4.69, 9.17) is 15.5 Å². The highest BCUT2D eigenvalue weighted by Crippen LogP contribution is 2.29. The third-order valence-corrected chi connectivity index (χ3v) is 9.08. The summed E-state index contributed by atoms with van der Waals surface area (Å²) >= 11 is 0. The van der Waals surface area contributed by atoms with Gasteiger partial charge in [-0.2, -0.15) is 5.21 Å². The van der Waals surface area contributed by atoms with Crippen LogP contribution < -0.4 is 21.3 Å². The fourth-order valence-corrected chi connectivity index (χ4v) is 6.24. The number of nitrogens with two attached hydrogens (primary N) is 1. The van der Waals surface area contributed by atoms with Gasteiger partial charge in [-0.25, -0.2) is 4.98 Å². The Hall–Kier alpha value is -4.68. The van der Waals surface area contributed by atoms with E-state index in [0.29, 0.717) is 43.6 Å². The van der Waals surface area contributed by atoms with E-state index in [1.165, 1.54) is 0 Å². The molecule has 12 heteroatoms. The van der Waals surface area contributed by atoms with Crippen LogP contribution in [0.4, 0.5) is 11.5 Å². The molecule has 0 bridgehead atoms. The molecule has 2 aliphatic rings. The van der Waals surface area contributed by atoms with Gasteiger partial charge in [0.05, 0.1) is 13.2 Å². The molecule has 4 aromatic rings. The van der Waals surface area contributed by atoms with E-state index in [2.05, 4.69) is 61.3 Å². The van der Waals surface area contributed by atoms with Gasteiger partial charge in [-0.15, -0.1) is 10.2 Å². The van der Waals surface area contributed by atoms with Crippen molar-refractivity contribution in [1.82, 2.24) is 30.9 Å². The second-order valence-corrected chi connectivity index (χ2v) is 12.2. The van der Waals surface area contributed by atoms with Gasteiger partial charge in [0, 0.05) is 48.4 Å². The number of aromatic nitrogens is 5. The quantitative estimate of drug-likeness (QED) is 0.207. The van der Waals surface area contributed by atoms with Crippen molar-refractivity contribution in [2.24, 2.45) is 17.6 Å². The maximum Gasteiger partial charge on any atom is 0.247 e. The second-order valence-electron chi connectivity index (χ2n) is 12.2. The molecule has 12 nitrogen and oxygen atoms in total. The van der Waals surface area contributed by atoms with E-state index < -0.39 is 6.04 Å². The Labute approximate surface area is 268 Å². The van der Waals surface area contributed by atoms with Crippen LogP contribution in [-0.4, -0.2) is 76.3 Å². The van der Waals surface area contributed by atoms with Gasteiger partial charge < -0.3 is 26.0 Å². The Bertz CT molecular complexity index is 1600. The molecule has 2 aromatic carbocycles. The lowest BCUT2D eigenvalue weighted by Gasteiger charge is -2.28. The molecule has 1 aliphatic heterocycles. The lowest BCUT2D eigenvalue weighted by atomic mass is 9.81. The average Bonchev–Trinajstić information content (AvgIpc) is 3.64. The largest absolute Gasteiger partial charge is 0.378 e. The van der Waals surface area contributed by atoms with Crippen molar-refractivity contribution in [1.29, 1.82) is 0 Å². The van der Waals surface area contributed by atoms with Crippen molar-refractivity contribution < 1.29 is 14.3 Å². The number of H-pyrrole nitrogens is 1. The second kappa shape index (κ2) is 14.6. The Morgan fingerprint density at radius 2 is 1.74 bits per heavy atom. The fourth-order valence-electron chi connectivity index (χ4n) is 6.24. The Morgan fingerprint density at radius 1 is 1.02 bits per heavy atom. The average molecular weight is 624 g/mol. The molecule has 2 fully saturated rings. The number of morpholine rings is 1. The lowest BCUT2D eigenvalue weighted by molar-refractivity contribution is -0.130. The van der Waals surface area contributed by atoms with E-state index in [0.717, 1.165) is 72.4 Å². The molecular formula is C34H41N9O3. The summed E-state index contributed by atoms with van der Waals surface area (Å²) in [5.74, 6) is 1.42. The summed E-state index contributed by atoms with van der Waals surface area (Å²) in [6, 6.07) is 16.7. The highest BCUT2D eigenvalue weighted by molar-refractivity contribution is 5.97. The lowest BCUT2D eigenvalue weighted by Crippen LogP contribution is -2.48. The predicted molar refractivity (Wildman–Crippen MR) is 176 cm³/mol. The SMILES string of the molecule is Cc1cc(N2CCOCC2)ncc1-c1ccc(C[C@H](NC(=O)[C@H]2CC[C@H](CN)CC2)C(=O)Nc2ccc(-c3nn[nH]n3)cc2)cc1. The van der Waals surface area contributed by atoms with Crippen LogP contribution >= 0.6 is 0 Å². The number of ether oxygens (including phenoxy) is 1. The summed E-state index contributed by atoms with van der Waals surface area (Å²) in [6.07, 6.45) is 5.71. The standard InChI is InChI=1S/C34H41N9O3/c1-22-18-31(43-14-16-46-17-15-43)36-21-29(22)25-6-2-23(3-7-25)19-30(38-33(44)27-8-4-24(20-35)5-9-27)34(45)37-28-12-10-26(11-13-28)32-39-41-42-40-32/h2-3,6-7,10-13,18,21,24,27,30H,4-5,8-9,14-17,19-20,35H2,1H3,(H,37,45)(H,38,44)(H,39,40,41,42)/t24-,27-,30-/m0/s1. The number of aryl methyl sites for hydroxylation is 1. The molecule has 1 atom stereocenters. The summed E-state index contributed by atoms with van der Waals surface area (Å²) in [6.45, 7) is 5.85. The normalized spacial score (nSPS) is 19.0. The van der Waals surface area contributed by atoms with E-state index in [-0.39, 0.29) is 17.7 Å².